The number of methoxy groups -OCH3 is 1. The molecule has 8 nitrogen and oxygen atoms in total. The van der Waals surface area contributed by atoms with Crippen molar-refractivity contribution in [2.75, 3.05) is 7.11 Å². The number of hydrogen-bond acceptors (Lipinski definition) is 8. The summed E-state index contributed by atoms with van der Waals surface area (Å²) in [6.07, 6.45) is 4.65. The minimum Gasteiger partial charge on any atom is -0.507 e. The van der Waals surface area contributed by atoms with Crippen LogP contribution in [-0.4, -0.2) is 39.5 Å². The van der Waals surface area contributed by atoms with E-state index in [1.807, 2.05) is 0 Å². The first-order chi connectivity index (χ1) is 15.5. The maximum Gasteiger partial charge on any atom is 0.267 e. The van der Waals surface area contributed by atoms with E-state index in [9.17, 15) is 15.0 Å². The molecule has 3 aromatic rings. The Hall–Kier alpha value is -3.98. The first-order valence-electron chi connectivity index (χ1n) is 9.55. The molecule has 1 aromatic heterocycles. The van der Waals surface area contributed by atoms with Gasteiger partial charge >= 0.3 is 0 Å². The zero-order chi connectivity index (χ0) is 22.5. The van der Waals surface area contributed by atoms with E-state index in [1.165, 1.54) is 42.3 Å². The van der Waals surface area contributed by atoms with Gasteiger partial charge in [-0.25, -0.2) is 0 Å². The SMILES string of the molecule is COc1cc(/C=C2\S/C(=N\N=C\c3ccccc3O)N(Cc3ccco3)C2=O)ccc1O. The molecule has 1 aliphatic heterocycles. The van der Waals surface area contributed by atoms with Gasteiger partial charge in [0.05, 0.1) is 31.0 Å². The smallest absolute Gasteiger partial charge is 0.267 e. The number of rotatable bonds is 6. The van der Waals surface area contributed by atoms with Crippen molar-refractivity contribution in [1.82, 2.24) is 4.90 Å². The van der Waals surface area contributed by atoms with Gasteiger partial charge in [-0.05, 0) is 59.8 Å². The number of para-hydroxylation sites is 1. The number of thioether (sulfide) groups is 1. The summed E-state index contributed by atoms with van der Waals surface area (Å²) in [7, 11) is 1.46. The zero-order valence-electron chi connectivity index (χ0n) is 17.0. The van der Waals surface area contributed by atoms with Crippen molar-refractivity contribution in [3.05, 3.63) is 82.7 Å². The van der Waals surface area contributed by atoms with Crippen molar-refractivity contribution in [3.8, 4) is 17.2 Å². The summed E-state index contributed by atoms with van der Waals surface area (Å²) in [5.41, 5.74) is 1.20. The van der Waals surface area contributed by atoms with E-state index in [-0.39, 0.29) is 24.0 Å². The number of carbonyl (C=O) groups excluding carboxylic acids is 1. The Bertz CT molecular complexity index is 1220. The summed E-state index contributed by atoms with van der Waals surface area (Å²) < 4.78 is 10.5. The minimum absolute atomic E-state index is 0.0141. The van der Waals surface area contributed by atoms with Crippen LogP contribution in [0.4, 0.5) is 0 Å². The molecule has 2 N–H and O–H groups in total. The highest BCUT2D eigenvalue weighted by Gasteiger charge is 2.34. The van der Waals surface area contributed by atoms with Gasteiger partial charge in [-0.3, -0.25) is 9.69 Å². The summed E-state index contributed by atoms with van der Waals surface area (Å²) in [5, 5.41) is 28.3. The molecule has 162 valence electrons. The molecule has 0 aliphatic carbocycles. The van der Waals surface area contributed by atoms with Crippen LogP contribution in [0.1, 0.15) is 16.9 Å². The lowest BCUT2D eigenvalue weighted by Crippen LogP contribution is -2.28. The Morgan fingerprint density at radius 3 is 2.72 bits per heavy atom. The molecule has 0 radical (unpaired) electrons. The first-order valence-corrected chi connectivity index (χ1v) is 10.4. The molecule has 2 aromatic carbocycles. The number of amides is 1. The van der Waals surface area contributed by atoms with Gasteiger partial charge < -0.3 is 19.4 Å². The lowest BCUT2D eigenvalue weighted by Gasteiger charge is -2.12. The molecule has 0 unspecified atom stereocenters. The fraction of sp³-hybridized carbons (Fsp3) is 0.0870. The molecule has 1 aliphatic rings. The quantitative estimate of drug-likeness (QED) is 0.332. The number of aromatic hydroxyl groups is 2. The van der Waals surface area contributed by atoms with Gasteiger partial charge in [-0.2, -0.15) is 5.10 Å². The molecule has 1 saturated heterocycles. The predicted octanol–water partition coefficient (Wildman–Crippen LogP) is 4.21. The average Bonchev–Trinajstić information content (AvgIpc) is 3.41. The Balaban J connectivity index is 1.64. The van der Waals surface area contributed by atoms with Gasteiger partial charge in [0.2, 0.25) is 0 Å². The molecule has 32 heavy (non-hydrogen) atoms. The van der Waals surface area contributed by atoms with Gasteiger partial charge in [0, 0.05) is 5.56 Å². The third kappa shape index (κ3) is 4.68. The summed E-state index contributed by atoms with van der Waals surface area (Å²) >= 11 is 1.17. The highest BCUT2D eigenvalue weighted by molar-refractivity contribution is 8.18. The Labute approximate surface area is 188 Å². The lowest BCUT2D eigenvalue weighted by molar-refractivity contribution is -0.122. The van der Waals surface area contributed by atoms with Crippen LogP contribution in [0.5, 0.6) is 17.2 Å². The van der Waals surface area contributed by atoms with Crippen molar-refractivity contribution in [2.45, 2.75) is 6.54 Å². The minimum atomic E-state index is -0.255. The maximum absolute atomic E-state index is 13.1. The molecular weight excluding hydrogens is 430 g/mol. The van der Waals surface area contributed by atoms with Crippen LogP contribution < -0.4 is 4.74 Å². The van der Waals surface area contributed by atoms with E-state index in [4.69, 9.17) is 9.15 Å². The second kappa shape index (κ2) is 9.44. The topological polar surface area (TPSA) is 108 Å². The van der Waals surface area contributed by atoms with Crippen LogP contribution in [0, 0.1) is 0 Å². The number of furan rings is 1. The van der Waals surface area contributed by atoms with E-state index in [1.54, 1.807) is 54.6 Å². The predicted molar refractivity (Wildman–Crippen MR) is 123 cm³/mol. The second-order valence-corrected chi connectivity index (χ2v) is 7.71. The third-order valence-corrected chi connectivity index (χ3v) is 5.56. The van der Waals surface area contributed by atoms with E-state index in [0.717, 1.165) is 0 Å². The second-order valence-electron chi connectivity index (χ2n) is 6.70. The molecule has 0 atom stereocenters. The maximum atomic E-state index is 13.1. The molecule has 0 bridgehead atoms. The number of phenolic OH excluding ortho intramolecular Hbond substituents is 2. The molecular formula is C23H19N3O5S. The van der Waals surface area contributed by atoms with Gasteiger partial charge in [0.1, 0.15) is 11.5 Å². The molecule has 9 heteroatoms. The number of ether oxygens (including phenoxy) is 1. The molecule has 0 saturated carbocycles. The number of benzene rings is 2. The van der Waals surface area contributed by atoms with Crippen LogP contribution in [0.15, 0.2) is 80.4 Å². The van der Waals surface area contributed by atoms with Crippen LogP contribution in [0.2, 0.25) is 0 Å². The number of hydrogen-bond donors (Lipinski definition) is 2. The Morgan fingerprint density at radius 1 is 1.12 bits per heavy atom. The van der Waals surface area contributed by atoms with Crippen LogP contribution in [0.25, 0.3) is 6.08 Å². The van der Waals surface area contributed by atoms with Gasteiger partial charge in [0.25, 0.3) is 5.91 Å². The Kier molecular flexibility index (Phi) is 6.27. The average molecular weight is 449 g/mol. The van der Waals surface area contributed by atoms with Crippen molar-refractivity contribution in [3.63, 3.8) is 0 Å². The van der Waals surface area contributed by atoms with E-state index < -0.39 is 0 Å². The highest BCUT2D eigenvalue weighted by Crippen LogP contribution is 2.35. The van der Waals surface area contributed by atoms with Gasteiger partial charge in [0.15, 0.2) is 16.7 Å². The number of carbonyl (C=O) groups is 1. The summed E-state index contributed by atoms with van der Waals surface area (Å²) in [6, 6.07) is 15.1. The molecule has 4 rings (SSSR count). The first kappa shape index (κ1) is 21.3. The standard InChI is InChI=1S/C23H19N3O5S/c1-30-20-11-15(8-9-19(20)28)12-21-22(29)26(14-17-6-4-10-31-17)23(32-21)25-24-13-16-5-2-3-7-18(16)27/h2-13,27-28H,14H2,1H3/b21-12-,24-13+,25-23-. The largest absolute Gasteiger partial charge is 0.507 e. The lowest BCUT2D eigenvalue weighted by atomic mass is 10.2. The van der Waals surface area contributed by atoms with Crippen LogP contribution in [-0.2, 0) is 11.3 Å². The number of amidine groups is 1. The highest BCUT2D eigenvalue weighted by atomic mass is 32.2. The molecule has 2 heterocycles. The molecule has 1 amide bonds. The normalized spacial score (nSPS) is 16.5. The molecule has 0 spiro atoms. The zero-order valence-corrected chi connectivity index (χ0v) is 17.8. The summed E-state index contributed by atoms with van der Waals surface area (Å²) in [5.74, 6) is 0.753. The van der Waals surface area contributed by atoms with Gasteiger partial charge in [-0.1, -0.05) is 18.2 Å². The molecule has 1 fully saturated rings. The van der Waals surface area contributed by atoms with E-state index >= 15 is 0 Å². The van der Waals surface area contributed by atoms with E-state index in [2.05, 4.69) is 10.2 Å². The van der Waals surface area contributed by atoms with Gasteiger partial charge in [-0.15, -0.1) is 5.10 Å². The van der Waals surface area contributed by atoms with Crippen molar-refractivity contribution >= 4 is 35.1 Å². The van der Waals surface area contributed by atoms with Crippen molar-refractivity contribution in [2.24, 2.45) is 10.2 Å². The van der Waals surface area contributed by atoms with Crippen molar-refractivity contribution in [1.29, 1.82) is 0 Å². The van der Waals surface area contributed by atoms with Crippen LogP contribution in [0.3, 0.4) is 0 Å². The number of nitrogens with zero attached hydrogens (tertiary/aromatic N) is 3. The van der Waals surface area contributed by atoms with E-state index in [0.29, 0.717) is 32.7 Å². The summed E-state index contributed by atoms with van der Waals surface area (Å²) in [4.78, 5) is 15.0. The summed E-state index contributed by atoms with van der Waals surface area (Å²) in [6.45, 7) is 0.194. The third-order valence-electron chi connectivity index (χ3n) is 4.56. The fourth-order valence-corrected chi connectivity index (χ4v) is 3.89. The Morgan fingerprint density at radius 2 is 1.97 bits per heavy atom. The van der Waals surface area contributed by atoms with Crippen LogP contribution >= 0.6 is 11.8 Å². The monoisotopic (exact) mass is 449 g/mol. The van der Waals surface area contributed by atoms with Crippen molar-refractivity contribution < 1.29 is 24.2 Å². The number of phenols is 2. The fourth-order valence-electron chi connectivity index (χ4n) is 2.95.